The molecule has 0 saturated carbocycles. The Hall–Kier alpha value is -1.56. The van der Waals surface area contributed by atoms with Gasteiger partial charge in [0, 0.05) is 0 Å². The lowest BCUT2D eigenvalue weighted by molar-refractivity contribution is -0.228. The lowest BCUT2D eigenvalue weighted by Crippen LogP contribution is -2.34. The summed E-state index contributed by atoms with van der Waals surface area (Å²) in [6.07, 6.45) is -7.57. The topological polar surface area (TPSA) is 35.5 Å². The van der Waals surface area contributed by atoms with E-state index in [1.807, 2.05) is 0 Å². The summed E-state index contributed by atoms with van der Waals surface area (Å²) in [6.45, 7) is 1.37. The minimum absolute atomic E-state index is 0.0437. The van der Waals surface area contributed by atoms with E-state index in [4.69, 9.17) is 4.74 Å². The first-order chi connectivity index (χ1) is 8.93. The summed E-state index contributed by atoms with van der Waals surface area (Å²) in [5.41, 5.74) is 0.612. The number of alkyl halides is 3. The van der Waals surface area contributed by atoms with Crippen molar-refractivity contribution in [1.29, 1.82) is 0 Å². The van der Waals surface area contributed by atoms with E-state index in [1.165, 1.54) is 6.92 Å². The van der Waals surface area contributed by atoms with Crippen LogP contribution in [0.4, 0.5) is 13.2 Å². The van der Waals surface area contributed by atoms with Gasteiger partial charge in [-0.3, -0.25) is 4.79 Å². The first-order valence-corrected chi connectivity index (χ1v) is 5.81. The first kappa shape index (κ1) is 15.5. The molecule has 0 bridgehead atoms. The molecule has 6 heteroatoms. The molecular formula is C13H15F3O3. The van der Waals surface area contributed by atoms with E-state index in [1.54, 1.807) is 30.3 Å². The van der Waals surface area contributed by atoms with Crippen molar-refractivity contribution in [1.82, 2.24) is 0 Å². The van der Waals surface area contributed by atoms with Crippen LogP contribution in [0.15, 0.2) is 30.3 Å². The van der Waals surface area contributed by atoms with E-state index < -0.39 is 24.7 Å². The van der Waals surface area contributed by atoms with Gasteiger partial charge in [0.2, 0.25) is 0 Å². The average Bonchev–Trinajstić information content (AvgIpc) is 2.34. The molecule has 3 nitrogen and oxygen atoms in total. The number of carbonyl (C=O) groups is 1. The Morgan fingerprint density at radius 1 is 1.26 bits per heavy atom. The standard InChI is InChI=1S/C13H15F3O3/c1-2-18-12(17)8-11(13(14,15)16)19-9-10-6-4-3-5-7-10/h3-7,11H,2,8-9H2,1H3. The van der Waals surface area contributed by atoms with Crippen molar-refractivity contribution >= 4 is 5.97 Å². The number of ether oxygens (including phenoxy) is 2. The van der Waals surface area contributed by atoms with Gasteiger partial charge in [-0.05, 0) is 12.5 Å². The number of halogens is 3. The van der Waals surface area contributed by atoms with E-state index in [2.05, 4.69) is 4.74 Å². The summed E-state index contributed by atoms with van der Waals surface area (Å²) in [5.74, 6) is -0.919. The summed E-state index contributed by atoms with van der Waals surface area (Å²) in [4.78, 5) is 11.1. The van der Waals surface area contributed by atoms with Crippen molar-refractivity contribution in [2.24, 2.45) is 0 Å². The monoisotopic (exact) mass is 276 g/mol. The first-order valence-electron chi connectivity index (χ1n) is 5.81. The lowest BCUT2D eigenvalue weighted by atomic mass is 10.2. The van der Waals surface area contributed by atoms with Crippen LogP contribution in [-0.2, 0) is 20.9 Å². The normalized spacial score (nSPS) is 13.1. The van der Waals surface area contributed by atoms with Gasteiger partial charge in [-0.25, -0.2) is 0 Å². The van der Waals surface area contributed by atoms with Crippen LogP contribution in [0.1, 0.15) is 18.9 Å². The zero-order valence-electron chi connectivity index (χ0n) is 10.4. The number of rotatable bonds is 6. The zero-order chi connectivity index (χ0) is 14.3. The van der Waals surface area contributed by atoms with E-state index in [9.17, 15) is 18.0 Å². The zero-order valence-corrected chi connectivity index (χ0v) is 10.4. The van der Waals surface area contributed by atoms with Crippen molar-refractivity contribution in [2.75, 3.05) is 6.61 Å². The third-order valence-corrected chi connectivity index (χ3v) is 2.32. The Kier molecular flexibility index (Phi) is 5.82. The second-order valence-electron chi connectivity index (χ2n) is 3.84. The SMILES string of the molecule is CCOC(=O)CC(OCc1ccccc1)C(F)(F)F. The van der Waals surface area contributed by atoms with E-state index in [0.29, 0.717) is 5.56 Å². The van der Waals surface area contributed by atoms with Gasteiger partial charge >= 0.3 is 12.1 Å². The fourth-order valence-electron chi connectivity index (χ4n) is 1.41. The molecule has 0 aliphatic carbocycles. The molecule has 19 heavy (non-hydrogen) atoms. The van der Waals surface area contributed by atoms with Crippen molar-refractivity contribution in [3.63, 3.8) is 0 Å². The Morgan fingerprint density at radius 3 is 2.42 bits per heavy atom. The molecule has 0 amide bonds. The summed E-state index contributed by atoms with van der Waals surface area (Å²) >= 11 is 0. The molecule has 1 aromatic rings. The van der Waals surface area contributed by atoms with Gasteiger partial charge in [-0.2, -0.15) is 13.2 Å². The highest BCUT2D eigenvalue weighted by atomic mass is 19.4. The second kappa shape index (κ2) is 7.13. The summed E-state index contributed by atoms with van der Waals surface area (Å²) in [5, 5.41) is 0. The summed E-state index contributed by atoms with van der Waals surface area (Å²) < 4.78 is 47.4. The maximum Gasteiger partial charge on any atom is 0.415 e. The lowest BCUT2D eigenvalue weighted by Gasteiger charge is -2.20. The highest BCUT2D eigenvalue weighted by Gasteiger charge is 2.42. The minimum Gasteiger partial charge on any atom is -0.466 e. The molecule has 0 aliphatic rings. The predicted octanol–water partition coefficient (Wildman–Crippen LogP) is 3.09. The smallest absolute Gasteiger partial charge is 0.415 e. The molecule has 1 unspecified atom stereocenters. The van der Waals surface area contributed by atoms with E-state index >= 15 is 0 Å². The van der Waals surface area contributed by atoms with Crippen LogP contribution >= 0.6 is 0 Å². The largest absolute Gasteiger partial charge is 0.466 e. The van der Waals surface area contributed by atoms with Crippen LogP contribution in [-0.4, -0.2) is 24.9 Å². The highest BCUT2D eigenvalue weighted by Crippen LogP contribution is 2.26. The molecule has 0 aliphatic heterocycles. The van der Waals surface area contributed by atoms with Crippen molar-refractivity contribution < 1.29 is 27.4 Å². The Morgan fingerprint density at radius 2 is 1.89 bits per heavy atom. The van der Waals surface area contributed by atoms with Crippen LogP contribution in [0.3, 0.4) is 0 Å². The molecule has 0 spiro atoms. The number of benzene rings is 1. The third-order valence-electron chi connectivity index (χ3n) is 2.32. The van der Waals surface area contributed by atoms with Gasteiger partial charge < -0.3 is 9.47 Å². The fraction of sp³-hybridized carbons (Fsp3) is 0.462. The predicted molar refractivity (Wildman–Crippen MR) is 62.3 cm³/mol. The Labute approximate surface area is 109 Å². The van der Waals surface area contributed by atoms with Gasteiger partial charge in [0.05, 0.1) is 19.6 Å². The molecule has 106 valence electrons. The minimum atomic E-state index is -4.60. The number of esters is 1. The third kappa shape index (κ3) is 5.74. The molecule has 1 atom stereocenters. The summed E-state index contributed by atoms with van der Waals surface area (Å²) in [7, 11) is 0. The Balaban J connectivity index is 2.58. The maximum absolute atomic E-state index is 12.7. The maximum atomic E-state index is 12.7. The van der Waals surface area contributed by atoms with E-state index in [-0.39, 0.29) is 13.2 Å². The molecule has 0 aromatic heterocycles. The summed E-state index contributed by atoms with van der Waals surface area (Å²) in [6, 6.07) is 8.46. The van der Waals surface area contributed by atoms with Crippen LogP contribution < -0.4 is 0 Å². The van der Waals surface area contributed by atoms with Crippen molar-refractivity contribution in [2.45, 2.75) is 32.2 Å². The number of hydrogen-bond acceptors (Lipinski definition) is 3. The van der Waals surface area contributed by atoms with Gasteiger partial charge in [-0.1, -0.05) is 30.3 Å². The average molecular weight is 276 g/mol. The molecule has 1 rings (SSSR count). The van der Waals surface area contributed by atoms with Crippen molar-refractivity contribution in [3.8, 4) is 0 Å². The van der Waals surface area contributed by atoms with Gasteiger partial charge in [0.1, 0.15) is 0 Å². The molecule has 0 saturated heterocycles. The van der Waals surface area contributed by atoms with Crippen molar-refractivity contribution in [3.05, 3.63) is 35.9 Å². The van der Waals surface area contributed by atoms with Gasteiger partial charge in [0.15, 0.2) is 6.10 Å². The molecule has 0 fully saturated rings. The van der Waals surface area contributed by atoms with Crippen LogP contribution in [0.5, 0.6) is 0 Å². The van der Waals surface area contributed by atoms with Crippen LogP contribution in [0.2, 0.25) is 0 Å². The molecule has 0 N–H and O–H groups in total. The van der Waals surface area contributed by atoms with Crippen LogP contribution in [0, 0.1) is 0 Å². The number of hydrogen-bond donors (Lipinski definition) is 0. The fourth-order valence-corrected chi connectivity index (χ4v) is 1.41. The molecule has 0 radical (unpaired) electrons. The Bertz CT molecular complexity index is 390. The number of carbonyl (C=O) groups excluding carboxylic acids is 1. The quantitative estimate of drug-likeness (QED) is 0.749. The molecule has 1 aromatic carbocycles. The van der Waals surface area contributed by atoms with Gasteiger partial charge in [-0.15, -0.1) is 0 Å². The van der Waals surface area contributed by atoms with E-state index in [0.717, 1.165) is 0 Å². The molecule has 0 heterocycles. The van der Waals surface area contributed by atoms with Crippen LogP contribution in [0.25, 0.3) is 0 Å². The van der Waals surface area contributed by atoms with Gasteiger partial charge in [0.25, 0.3) is 0 Å². The second-order valence-corrected chi connectivity index (χ2v) is 3.84. The molecular weight excluding hydrogens is 261 g/mol. The highest BCUT2D eigenvalue weighted by molar-refractivity contribution is 5.70.